The van der Waals surface area contributed by atoms with Gasteiger partial charge in [-0.3, -0.25) is 0 Å². The Morgan fingerprint density at radius 1 is 1.35 bits per heavy atom. The fourth-order valence-electron chi connectivity index (χ4n) is 3.02. The molecule has 5 nitrogen and oxygen atoms in total. The van der Waals surface area contributed by atoms with Gasteiger partial charge in [-0.1, -0.05) is 41.1 Å². The Kier molecular flexibility index (Phi) is 3.37. The molecule has 1 unspecified atom stereocenters. The van der Waals surface area contributed by atoms with Gasteiger partial charge < -0.3 is 10.6 Å². The van der Waals surface area contributed by atoms with Crippen LogP contribution in [0.4, 0.5) is 5.13 Å². The summed E-state index contributed by atoms with van der Waals surface area (Å²) in [6.45, 7) is 5.89. The third kappa shape index (κ3) is 2.51. The van der Waals surface area contributed by atoms with Crippen molar-refractivity contribution in [2.24, 2.45) is 5.73 Å². The van der Waals surface area contributed by atoms with Crippen molar-refractivity contribution in [2.75, 3.05) is 18.0 Å². The molecular weight excluding hydrogens is 330 g/mol. The van der Waals surface area contributed by atoms with Gasteiger partial charge in [0.15, 0.2) is 0 Å². The number of nitrogens with zero attached hydrogens (tertiary/aromatic N) is 4. The lowest BCUT2D eigenvalue weighted by atomic mass is 10.0. The highest BCUT2D eigenvalue weighted by Crippen LogP contribution is 2.34. The molecular formula is C16H18ClN5S. The highest BCUT2D eigenvalue weighted by molar-refractivity contribution is 7.20. The van der Waals surface area contributed by atoms with Crippen molar-refractivity contribution in [3.8, 4) is 11.3 Å². The predicted octanol–water partition coefficient (Wildman–Crippen LogP) is 3.35. The third-order valence-corrected chi connectivity index (χ3v) is 5.62. The van der Waals surface area contributed by atoms with Crippen molar-refractivity contribution in [3.63, 3.8) is 0 Å². The Bertz CT molecular complexity index is 882. The smallest absolute Gasteiger partial charge is 0.214 e. The van der Waals surface area contributed by atoms with Crippen molar-refractivity contribution in [3.05, 3.63) is 35.0 Å². The Morgan fingerprint density at radius 2 is 2.13 bits per heavy atom. The molecule has 0 saturated carbocycles. The van der Waals surface area contributed by atoms with Gasteiger partial charge in [0.25, 0.3) is 0 Å². The maximum Gasteiger partial charge on any atom is 0.214 e. The van der Waals surface area contributed by atoms with E-state index in [0.717, 1.165) is 46.6 Å². The molecule has 1 aliphatic heterocycles. The number of anilines is 1. The van der Waals surface area contributed by atoms with Gasteiger partial charge in [0.1, 0.15) is 0 Å². The molecule has 1 atom stereocenters. The van der Waals surface area contributed by atoms with Gasteiger partial charge in [-0.2, -0.15) is 0 Å². The number of nitrogens with two attached hydrogens (primary N) is 1. The minimum absolute atomic E-state index is 0.133. The van der Waals surface area contributed by atoms with Crippen LogP contribution in [0.15, 0.2) is 24.3 Å². The lowest BCUT2D eigenvalue weighted by Gasteiger charge is -2.18. The standard InChI is InChI=1S/C16H18ClN5S/c1-10-13(11-5-3-4-6-12(11)17)19-14-22(10)20-15(23-14)21-8-7-16(2,18)9-21/h3-6H,7-9,18H2,1-2H3. The van der Waals surface area contributed by atoms with Crippen LogP contribution in [0.1, 0.15) is 19.0 Å². The highest BCUT2D eigenvalue weighted by Gasteiger charge is 2.32. The summed E-state index contributed by atoms with van der Waals surface area (Å²) in [5.74, 6) is 0. The van der Waals surface area contributed by atoms with Crippen LogP contribution in [0.3, 0.4) is 0 Å². The zero-order valence-electron chi connectivity index (χ0n) is 13.1. The molecule has 2 aromatic heterocycles. The molecule has 3 aromatic rings. The zero-order chi connectivity index (χ0) is 16.2. The lowest BCUT2D eigenvalue weighted by molar-refractivity contribution is 0.524. The zero-order valence-corrected chi connectivity index (χ0v) is 14.7. The number of halogens is 1. The van der Waals surface area contributed by atoms with Gasteiger partial charge in [-0.05, 0) is 26.3 Å². The van der Waals surface area contributed by atoms with Crippen LogP contribution in [0.5, 0.6) is 0 Å². The summed E-state index contributed by atoms with van der Waals surface area (Å²) in [5.41, 5.74) is 8.93. The van der Waals surface area contributed by atoms with Gasteiger partial charge in [0.05, 0.1) is 16.4 Å². The summed E-state index contributed by atoms with van der Waals surface area (Å²) < 4.78 is 1.91. The molecule has 0 bridgehead atoms. The topological polar surface area (TPSA) is 59.5 Å². The quantitative estimate of drug-likeness (QED) is 0.772. The number of fused-ring (bicyclic) bond motifs is 1. The molecule has 0 aliphatic carbocycles. The van der Waals surface area contributed by atoms with E-state index in [-0.39, 0.29) is 5.54 Å². The maximum atomic E-state index is 6.30. The minimum Gasteiger partial charge on any atom is -0.345 e. The molecule has 1 fully saturated rings. The molecule has 23 heavy (non-hydrogen) atoms. The summed E-state index contributed by atoms with van der Waals surface area (Å²) in [6, 6.07) is 7.77. The number of hydrogen-bond donors (Lipinski definition) is 1. The third-order valence-electron chi connectivity index (χ3n) is 4.32. The highest BCUT2D eigenvalue weighted by atomic mass is 35.5. The molecule has 0 radical (unpaired) electrons. The first kappa shape index (κ1) is 14.9. The summed E-state index contributed by atoms with van der Waals surface area (Å²) in [4.78, 5) is 7.88. The van der Waals surface area contributed by atoms with E-state index in [2.05, 4.69) is 11.8 Å². The fraction of sp³-hybridized carbons (Fsp3) is 0.375. The molecule has 7 heteroatoms. The van der Waals surface area contributed by atoms with E-state index in [4.69, 9.17) is 27.4 Å². The molecule has 1 aliphatic rings. The van der Waals surface area contributed by atoms with Crippen LogP contribution in [0, 0.1) is 6.92 Å². The van der Waals surface area contributed by atoms with E-state index in [9.17, 15) is 0 Å². The number of hydrogen-bond acceptors (Lipinski definition) is 5. The summed E-state index contributed by atoms with van der Waals surface area (Å²) >= 11 is 7.90. The van der Waals surface area contributed by atoms with Gasteiger partial charge in [-0.15, -0.1) is 5.10 Å². The van der Waals surface area contributed by atoms with Crippen LogP contribution < -0.4 is 10.6 Å². The minimum atomic E-state index is -0.133. The van der Waals surface area contributed by atoms with E-state index in [1.54, 1.807) is 11.3 Å². The van der Waals surface area contributed by atoms with Crippen LogP contribution in [0.2, 0.25) is 5.02 Å². The second kappa shape index (κ2) is 5.19. The van der Waals surface area contributed by atoms with E-state index in [0.29, 0.717) is 5.02 Å². The van der Waals surface area contributed by atoms with Gasteiger partial charge in [0, 0.05) is 24.2 Å². The largest absolute Gasteiger partial charge is 0.345 e. The molecule has 2 N–H and O–H groups in total. The van der Waals surface area contributed by atoms with Crippen LogP contribution >= 0.6 is 22.9 Å². The van der Waals surface area contributed by atoms with Gasteiger partial charge >= 0.3 is 0 Å². The first-order chi connectivity index (χ1) is 10.9. The summed E-state index contributed by atoms with van der Waals surface area (Å²) in [6.07, 6.45) is 0.985. The number of rotatable bonds is 2. The van der Waals surface area contributed by atoms with E-state index < -0.39 is 0 Å². The van der Waals surface area contributed by atoms with Gasteiger partial charge in [0.2, 0.25) is 10.1 Å². The van der Waals surface area contributed by atoms with E-state index in [1.807, 2.05) is 35.7 Å². The predicted molar refractivity (Wildman–Crippen MR) is 95.5 cm³/mol. The first-order valence-corrected chi connectivity index (χ1v) is 8.79. The molecule has 4 rings (SSSR count). The van der Waals surface area contributed by atoms with Crippen LogP contribution in [0.25, 0.3) is 16.2 Å². The fourth-order valence-corrected chi connectivity index (χ4v) is 4.22. The second-order valence-electron chi connectivity index (χ2n) is 6.43. The van der Waals surface area contributed by atoms with Gasteiger partial charge in [-0.25, -0.2) is 9.50 Å². The molecule has 1 aromatic carbocycles. The Labute approximate surface area is 143 Å². The number of imidazole rings is 1. The first-order valence-electron chi connectivity index (χ1n) is 7.59. The maximum absolute atomic E-state index is 6.30. The lowest BCUT2D eigenvalue weighted by Crippen LogP contribution is -2.39. The number of aromatic nitrogens is 3. The number of benzene rings is 1. The Morgan fingerprint density at radius 3 is 2.78 bits per heavy atom. The molecule has 0 spiro atoms. The monoisotopic (exact) mass is 347 g/mol. The van der Waals surface area contributed by atoms with Crippen LogP contribution in [-0.2, 0) is 0 Å². The van der Waals surface area contributed by atoms with E-state index >= 15 is 0 Å². The van der Waals surface area contributed by atoms with E-state index in [1.165, 1.54) is 0 Å². The molecule has 0 amide bonds. The summed E-state index contributed by atoms with van der Waals surface area (Å²) in [7, 11) is 0. The average Bonchev–Trinajstić information content (AvgIpc) is 3.15. The van der Waals surface area contributed by atoms with Crippen molar-refractivity contribution < 1.29 is 0 Å². The van der Waals surface area contributed by atoms with Crippen molar-refractivity contribution >= 4 is 33.0 Å². The van der Waals surface area contributed by atoms with Crippen LogP contribution in [-0.4, -0.2) is 33.2 Å². The normalized spacial score (nSPS) is 21.5. The average molecular weight is 348 g/mol. The van der Waals surface area contributed by atoms with Crippen molar-refractivity contribution in [1.82, 2.24) is 14.6 Å². The molecule has 3 heterocycles. The molecule has 120 valence electrons. The second-order valence-corrected chi connectivity index (χ2v) is 7.77. The Hall–Kier alpha value is -1.63. The Balaban J connectivity index is 1.74. The SMILES string of the molecule is Cc1c(-c2ccccc2Cl)nc2sc(N3CCC(C)(N)C3)nn12. The molecule has 1 saturated heterocycles. The summed E-state index contributed by atoms with van der Waals surface area (Å²) in [5, 5.41) is 6.43. The number of aryl methyl sites for hydroxylation is 1. The van der Waals surface area contributed by atoms with Crippen molar-refractivity contribution in [1.29, 1.82) is 0 Å². The van der Waals surface area contributed by atoms with Crippen molar-refractivity contribution in [2.45, 2.75) is 25.8 Å².